The highest BCUT2D eigenvalue weighted by Gasteiger charge is 2.17. The molecule has 2 amide bonds. The van der Waals surface area contributed by atoms with Crippen LogP contribution in [-0.2, 0) is 4.79 Å². The van der Waals surface area contributed by atoms with Gasteiger partial charge in [-0.15, -0.1) is 11.3 Å². The van der Waals surface area contributed by atoms with Gasteiger partial charge in [-0.25, -0.2) is 0 Å². The molecule has 4 N–H and O–H groups in total. The number of hydrogen-bond donors (Lipinski definition) is 4. The van der Waals surface area contributed by atoms with Gasteiger partial charge in [-0.05, 0) is 39.1 Å². The summed E-state index contributed by atoms with van der Waals surface area (Å²) in [6.07, 6.45) is 0. The lowest BCUT2D eigenvalue weighted by atomic mass is 10.1. The monoisotopic (exact) mass is 398 g/mol. The van der Waals surface area contributed by atoms with Gasteiger partial charge in [0.2, 0.25) is 0 Å². The minimum absolute atomic E-state index is 0.200. The maximum absolute atomic E-state index is 12.2. The standard InChI is InChI=1S/C16H19ClN4O2S2/c1-16(2,3)19-15(24)21-20-11(22)8-18-14(23)13-12(17)9-6-4-5-7-10(9)25-13/h4-7H,8H2,1-3H3,(H,18,23)(H,20,22)(H2,19,21,24). The summed E-state index contributed by atoms with van der Waals surface area (Å²) in [4.78, 5) is 24.4. The van der Waals surface area contributed by atoms with Gasteiger partial charge < -0.3 is 10.6 Å². The number of thiophene rings is 1. The molecule has 9 heteroatoms. The zero-order chi connectivity index (χ0) is 18.6. The number of hydrazine groups is 1. The number of hydrogen-bond acceptors (Lipinski definition) is 4. The van der Waals surface area contributed by atoms with Crippen LogP contribution >= 0.6 is 35.2 Å². The Labute approximate surface area is 160 Å². The molecule has 0 radical (unpaired) electrons. The van der Waals surface area contributed by atoms with E-state index in [1.165, 1.54) is 11.3 Å². The van der Waals surface area contributed by atoms with E-state index in [0.717, 1.165) is 10.1 Å². The molecular weight excluding hydrogens is 380 g/mol. The molecule has 0 bridgehead atoms. The first-order chi connectivity index (χ1) is 11.7. The number of carbonyl (C=O) groups is 2. The summed E-state index contributed by atoms with van der Waals surface area (Å²) in [5.41, 5.74) is 4.78. The van der Waals surface area contributed by atoms with Crippen LogP contribution < -0.4 is 21.5 Å². The highest BCUT2D eigenvalue weighted by Crippen LogP contribution is 2.34. The Morgan fingerprint density at radius 2 is 1.88 bits per heavy atom. The predicted octanol–water partition coefficient (Wildman–Crippen LogP) is 2.58. The summed E-state index contributed by atoms with van der Waals surface area (Å²) in [7, 11) is 0. The van der Waals surface area contributed by atoms with Crippen molar-refractivity contribution < 1.29 is 9.59 Å². The first-order valence-electron chi connectivity index (χ1n) is 7.49. The molecule has 25 heavy (non-hydrogen) atoms. The van der Waals surface area contributed by atoms with Crippen molar-refractivity contribution in [2.75, 3.05) is 6.54 Å². The second-order valence-electron chi connectivity index (χ2n) is 6.30. The van der Waals surface area contributed by atoms with Crippen molar-refractivity contribution in [2.45, 2.75) is 26.3 Å². The van der Waals surface area contributed by atoms with Crippen molar-refractivity contribution in [1.82, 2.24) is 21.5 Å². The molecule has 0 fully saturated rings. The van der Waals surface area contributed by atoms with E-state index < -0.39 is 11.8 Å². The van der Waals surface area contributed by atoms with Crippen molar-refractivity contribution >= 4 is 62.2 Å². The average Bonchev–Trinajstić information content (AvgIpc) is 2.86. The van der Waals surface area contributed by atoms with Gasteiger partial charge in [0.25, 0.3) is 11.8 Å². The third kappa shape index (κ3) is 5.55. The molecule has 2 aromatic rings. The van der Waals surface area contributed by atoms with Crippen LogP contribution in [0, 0.1) is 0 Å². The quantitative estimate of drug-likeness (QED) is 0.472. The summed E-state index contributed by atoms with van der Waals surface area (Å²) in [5.74, 6) is -0.819. The van der Waals surface area contributed by atoms with E-state index >= 15 is 0 Å². The number of thiocarbonyl (C=S) groups is 1. The molecule has 1 aromatic carbocycles. The average molecular weight is 399 g/mol. The van der Waals surface area contributed by atoms with Gasteiger partial charge in [0.05, 0.1) is 11.6 Å². The third-order valence-corrected chi connectivity index (χ3v) is 4.83. The Morgan fingerprint density at radius 3 is 2.52 bits per heavy atom. The SMILES string of the molecule is CC(C)(C)NC(=S)NNC(=O)CNC(=O)c1sc2ccccc2c1Cl. The first kappa shape index (κ1) is 19.4. The van der Waals surface area contributed by atoms with Crippen LogP contribution in [-0.4, -0.2) is 29.0 Å². The maximum atomic E-state index is 12.2. The minimum Gasteiger partial charge on any atom is -0.357 e. The van der Waals surface area contributed by atoms with Gasteiger partial charge in [-0.1, -0.05) is 29.8 Å². The van der Waals surface area contributed by atoms with Crippen LogP contribution in [0.25, 0.3) is 10.1 Å². The molecule has 0 saturated heterocycles. The van der Waals surface area contributed by atoms with E-state index in [4.69, 9.17) is 23.8 Å². The molecule has 134 valence electrons. The summed E-state index contributed by atoms with van der Waals surface area (Å²) >= 11 is 12.6. The fraction of sp³-hybridized carbons (Fsp3) is 0.312. The lowest BCUT2D eigenvalue weighted by molar-refractivity contribution is -0.120. The Hall–Kier alpha value is -1.90. The van der Waals surface area contributed by atoms with Crippen molar-refractivity contribution in [2.24, 2.45) is 0 Å². The third-order valence-electron chi connectivity index (χ3n) is 2.95. The molecule has 2 rings (SSSR count). The Balaban J connectivity index is 1.86. The van der Waals surface area contributed by atoms with Crippen molar-refractivity contribution in [3.63, 3.8) is 0 Å². The molecule has 0 spiro atoms. The number of fused-ring (bicyclic) bond motifs is 1. The molecule has 0 atom stereocenters. The minimum atomic E-state index is -0.427. The zero-order valence-electron chi connectivity index (χ0n) is 14.0. The largest absolute Gasteiger partial charge is 0.357 e. The topological polar surface area (TPSA) is 82.3 Å². The lowest BCUT2D eigenvalue weighted by Gasteiger charge is -2.23. The van der Waals surface area contributed by atoms with Gasteiger partial charge in [0.15, 0.2) is 5.11 Å². The zero-order valence-corrected chi connectivity index (χ0v) is 16.4. The lowest BCUT2D eigenvalue weighted by Crippen LogP contribution is -2.53. The highest BCUT2D eigenvalue weighted by atomic mass is 35.5. The van der Waals surface area contributed by atoms with E-state index in [1.807, 2.05) is 45.0 Å². The second kappa shape index (κ2) is 7.99. The molecule has 0 aliphatic carbocycles. The summed E-state index contributed by atoms with van der Waals surface area (Å²) in [5, 5.41) is 7.04. The molecule has 0 saturated carbocycles. The Kier molecular flexibility index (Phi) is 6.21. The number of halogens is 1. The van der Waals surface area contributed by atoms with Crippen LogP contribution in [0.3, 0.4) is 0 Å². The van der Waals surface area contributed by atoms with Crippen molar-refractivity contribution in [1.29, 1.82) is 0 Å². The Bertz CT molecular complexity index is 814. The van der Waals surface area contributed by atoms with Crippen LogP contribution in [0.2, 0.25) is 5.02 Å². The molecule has 0 unspecified atom stereocenters. The fourth-order valence-electron chi connectivity index (χ4n) is 1.94. The molecule has 1 aromatic heterocycles. The van der Waals surface area contributed by atoms with E-state index in [2.05, 4.69) is 21.5 Å². The van der Waals surface area contributed by atoms with E-state index in [9.17, 15) is 9.59 Å². The Morgan fingerprint density at radius 1 is 1.20 bits per heavy atom. The van der Waals surface area contributed by atoms with Crippen molar-refractivity contribution in [3.8, 4) is 0 Å². The van der Waals surface area contributed by atoms with Crippen LogP contribution in [0.15, 0.2) is 24.3 Å². The smallest absolute Gasteiger partial charge is 0.263 e. The second-order valence-corrected chi connectivity index (χ2v) is 8.14. The van der Waals surface area contributed by atoms with E-state index in [1.54, 1.807) is 0 Å². The predicted molar refractivity (Wildman–Crippen MR) is 106 cm³/mol. The van der Waals surface area contributed by atoms with Crippen LogP contribution in [0.4, 0.5) is 0 Å². The summed E-state index contributed by atoms with van der Waals surface area (Å²) in [6, 6.07) is 7.48. The molecule has 6 nitrogen and oxygen atoms in total. The number of amides is 2. The highest BCUT2D eigenvalue weighted by molar-refractivity contribution is 7.80. The van der Waals surface area contributed by atoms with E-state index in [0.29, 0.717) is 15.0 Å². The van der Waals surface area contributed by atoms with Gasteiger partial charge in [0, 0.05) is 15.6 Å². The van der Waals surface area contributed by atoms with Gasteiger partial charge in [-0.3, -0.25) is 20.4 Å². The van der Waals surface area contributed by atoms with Crippen LogP contribution in [0.5, 0.6) is 0 Å². The molecule has 0 aliphatic rings. The summed E-state index contributed by atoms with van der Waals surface area (Å²) in [6.45, 7) is 5.63. The summed E-state index contributed by atoms with van der Waals surface area (Å²) < 4.78 is 0.919. The molecular formula is C16H19ClN4O2S2. The fourth-order valence-corrected chi connectivity index (χ4v) is 3.73. The number of nitrogens with one attached hydrogen (secondary N) is 4. The van der Waals surface area contributed by atoms with Crippen molar-refractivity contribution in [3.05, 3.63) is 34.2 Å². The first-order valence-corrected chi connectivity index (χ1v) is 9.10. The molecule has 0 aliphatic heterocycles. The maximum Gasteiger partial charge on any atom is 0.263 e. The number of carbonyl (C=O) groups excluding carboxylic acids is 2. The number of benzene rings is 1. The normalized spacial score (nSPS) is 11.0. The van der Waals surface area contributed by atoms with Crippen LogP contribution in [0.1, 0.15) is 30.4 Å². The van der Waals surface area contributed by atoms with Gasteiger partial charge in [0.1, 0.15) is 4.88 Å². The molecule has 1 heterocycles. The van der Waals surface area contributed by atoms with Gasteiger partial charge >= 0.3 is 0 Å². The van der Waals surface area contributed by atoms with Gasteiger partial charge in [-0.2, -0.15) is 0 Å². The number of rotatable bonds is 3. The van der Waals surface area contributed by atoms with E-state index in [-0.39, 0.29) is 12.1 Å².